The van der Waals surface area contributed by atoms with E-state index in [1.54, 1.807) is 6.92 Å². The van der Waals surface area contributed by atoms with E-state index in [2.05, 4.69) is 0 Å². The molecule has 28 heavy (non-hydrogen) atoms. The third kappa shape index (κ3) is 3.60. The molecular formula is C22H24O5S. The zero-order valence-corrected chi connectivity index (χ0v) is 17.0. The van der Waals surface area contributed by atoms with Gasteiger partial charge in [0.1, 0.15) is 5.75 Å². The second kappa shape index (κ2) is 7.70. The smallest absolute Gasteiger partial charge is 0.231 e. The summed E-state index contributed by atoms with van der Waals surface area (Å²) in [6, 6.07) is 9.89. The van der Waals surface area contributed by atoms with Gasteiger partial charge in [-0.25, -0.2) is 0 Å². The first-order valence-corrected chi connectivity index (χ1v) is 9.86. The topological polar surface area (TPSA) is 57.2 Å². The van der Waals surface area contributed by atoms with Gasteiger partial charge in [-0.3, -0.25) is 0 Å². The number of aliphatic hydroxyl groups excluding tert-OH is 1. The van der Waals surface area contributed by atoms with Crippen LogP contribution in [0, 0.1) is 0 Å². The fraction of sp³-hybridized carbons (Fsp3) is 0.409. The van der Waals surface area contributed by atoms with Crippen LogP contribution < -0.4 is 14.2 Å². The number of para-hydroxylation sites is 1. The van der Waals surface area contributed by atoms with Gasteiger partial charge in [-0.15, -0.1) is 0 Å². The molecule has 2 aromatic rings. The quantitative estimate of drug-likeness (QED) is 0.582. The highest BCUT2D eigenvalue weighted by Gasteiger charge is 2.28. The van der Waals surface area contributed by atoms with Gasteiger partial charge in [0.15, 0.2) is 11.5 Å². The highest BCUT2D eigenvalue weighted by Crippen LogP contribution is 2.39. The molecule has 0 saturated carbocycles. The Morgan fingerprint density at radius 3 is 2.71 bits per heavy atom. The van der Waals surface area contributed by atoms with Crippen LogP contribution in [0.25, 0.3) is 0 Å². The molecule has 0 radical (unpaired) electrons. The summed E-state index contributed by atoms with van der Waals surface area (Å²) in [5.41, 5.74) is 4.01. The van der Waals surface area contributed by atoms with E-state index in [1.807, 2.05) is 44.2 Å². The number of rotatable bonds is 6. The monoisotopic (exact) mass is 400 g/mol. The Labute approximate surface area is 170 Å². The number of fused-ring (bicyclic) bond motifs is 2. The highest BCUT2D eigenvalue weighted by atomic mass is 32.1. The number of hydrogen-bond donors (Lipinski definition) is 1. The van der Waals surface area contributed by atoms with E-state index in [0.29, 0.717) is 24.5 Å². The molecule has 0 aromatic heterocycles. The molecule has 4 rings (SSSR count). The van der Waals surface area contributed by atoms with Gasteiger partial charge in [-0.05, 0) is 37.1 Å². The molecule has 0 saturated heterocycles. The third-order valence-electron chi connectivity index (χ3n) is 5.39. The Morgan fingerprint density at radius 1 is 1.25 bits per heavy atom. The van der Waals surface area contributed by atoms with Crippen molar-refractivity contribution < 1.29 is 24.1 Å². The lowest BCUT2D eigenvalue weighted by Gasteiger charge is -2.21. The lowest BCUT2D eigenvalue weighted by atomic mass is 9.91. The van der Waals surface area contributed by atoms with Crippen LogP contribution in [0.3, 0.4) is 0 Å². The summed E-state index contributed by atoms with van der Waals surface area (Å²) < 4.78 is 23.2. The van der Waals surface area contributed by atoms with E-state index in [4.69, 9.17) is 31.2 Å². The second-order valence-corrected chi connectivity index (χ2v) is 7.96. The van der Waals surface area contributed by atoms with Crippen LogP contribution in [-0.2, 0) is 17.8 Å². The zero-order valence-electron chi connectivity index (χ0n) is 16.2. The molecule has 3 atom stereocenters. The van der Waals surface area contributed by atoms with E-state index in [1.165, 1.54) is 0 Å². The first kappa shape index (κ1) is 19.2. The van der Waals surface area contributed by atoms with Crippen LogP contribution in [0.5, 0.6) is 17.2 Å². The maximum atomic E-state index is 10.1. The average Bonchev–Trinajstić information content (AvgIpc) is 3.29. The van der Waals surface area contributed by atoms with Crippen LogP contribution in [-0.4, -0.2) is 29.2 Å². The predicted octanol–water partition coefficient (Wildman–Crippen LogP) is 4.12. The molecule has 2 aromatic carbocycles. The summed E-state index contributed by atoms with van der Waals surface area (Å²) >= 11 is 5.33. The minimum absolute atomic E-state index is 0.0566. The summed E-state index contributed by atoms with van der Waals surface area (Å²) in [6.07, 6.45) is -0.178. The molecular weight excluding hydrogens is 376 g/mol. The average molecular weight is 400 g/mol. The lowest BCUT2D eigenvalue weighted by Crippen LogP contribution is -2.19. The Balaban J connectivity index is 1.53. The largest absolute Gasteiger partial charge is 0.464 e. The Morgan fingerprint density at radius 2 is 2.00 bits per heavy atom. The molecule has 1 N–H and O–H groups in total. The number of thiocarbonyl (C=S) groups is 1. The summed E-state index contributed by atoms with van der Waals surface area (Å²) in [4.78, 5) is 0.807. The summed E-state index contributed by atoms with van der Waals surface area (Å²) in [7, 11) is 0. The third-order valence-corrected chi connectivity index (χ3v) is 5.60. The van der Waals surface area contributed by atoms with Crippen molar-refractivity contribution in [2.45, 2.75) is 52.1 Å². The Kier molecular flexibility index (Phi) is 5.27. The lowest BCUT2D eigenvalue weighted by molar-refractivity contribution is -0.0754. The van der Waals surface area contributed by atoms with E-state index in [-0.39, 0.29) is 19.0 Å². The van der Waals surface area contributed by atoms with Gasteiger partial charge in [0.25, 0.3) is 0 Å². The highest BCUT2D eigenvalue weighted by molar-refractivity contribution is 7.80. The van der Waals surface area contributed by atoms with Crippen molar-refractivity contribution in [1.82, 2.24) is 0 Å². The molecule has 0 aliphatic carbocycles. The van der Waals surface area contributed by atoms with Gasteiger partial charge in [-0.2, -0.15) is 0 Å². The summed E-state index contributed by atoms with van der Waals surface area (Å²) in [5, 5.41) is 10.1. The number of hydrogen-bond acceptors (Lipinski definition) is 6. The Bertz CT molecular complexity index is 908. The van der Waals surface area contributed by atoms with Gasteiger partial charge < -0.3 is 24.1 Å². The molecule has 2 heterocycles. The van der Waals surface area contributed by atoms with Gasteiger partial charge in [0.2, 0.25) is 13.1 Å². The molecule has 148 valence electrons. The van der Waals surface area contributed by atoms with Gasteiger partial charge in [-0.1, -0.05) is 37.3 Å². The van der Waals surface area contributed by atoms with Crippen molar-refractivity contribution in [1.29, 1.82) is 0 Å². The van der Waals surface area contributed by atoms with Crippen LogP contribution in [0.15, 0.2) is 30.3 Å². The van der Waals surface area contributed by atoms with Crippen molar-refractivity contribution in [2.75, 3.05) is 6.79 Å². The molecule has 2 aliphatic heterocycles. The van der Waals surface area contributed by atoms with Crippen molar-refractivity contribution in [3.63, 3.8) is 0 Å². The zero-order chi connectivity index (χ0) is 19.8. The molecule has 0 bridgehead atoms. The van der Waals surface area contributed by atoms with Crippen molar-refractivity contribution in [3.8, 4) is 17.2 Å². The molecule has 3 unspecified atom stereocenters. The van der Waals surface area contributed by atoms with Gasteiger partial charge in [0.05, 0.1) is 12.7 Å². The maximum absolute atomic E-state index is 10.1. The van der Waals surface area contributed by atoms with Gasteiger partial charge >= 0.3 is 0 Å². The molecule has 6 heteroatoms. The maximum Gasteiger partial charge on any atom is 0.231 e. The minimum atomic E-state index is -0.487. The Hall–Kier alpha value is -2.15. The van der Waals surface area contributed by atoms with Gasteiger partial charge in [0, 0.05) is 28.3 Å². The van der Waals surface area contributed by atoms with E-state index < -0.39 is 6.10 Å². The van der Waals surface area contributed by atoms with E-state index >= 15 is 0 Å². The molecule has 2 aliphatic rings. The molecule has 0 amide bonds. The number of aliphatic hydroxyl groups is 1. The van der Waals surface area contributed by atoms with E-state index in [9.17, 15) is 5.11 Å². The number of benzene rings is 2. The van der Waals surface area contributed by atoms with Crippen LogP contribution >= 0.6 is 12.2 Å². The minimum Gasteiger partial charge on any atom is -0.464 e. The first-order chi connectivity index (χ1) is 13.4. The molecule has 0 fully saturated rings. The molecule has 0 spiro atoms. The fourth-order valence-electron chi connectivity index (χ4n) is 3.60. The number of ether oxygens (including phenoxy) is 4. The van der Waals surface area contributed by atoms with Crippen molar-refractivity contribution in [3.05, 3.63) is 52.6 Å². The van der Waals surface area contributed by atoms with Crippen molar-refractivity contribution >= 4 is 17.1 Å². The standard InChI is InChI=1S/C22H24O5S/c1-12(13(2)23)18-9-20-19(25-11-26-20)7-16(18)10-24-21-8-15-5-4-6-17(14(3)28)22(15)27-21/h4-7,9,12-13,21,23H,8,10-11H2,1-3H3. The van der Waals surface area contributed by atoms with Crippen LogP contribution in [0.2, 0.25) is 0 Å². The SMILES string of the molecule is CC(=S)c1cccc2c1OC(OCc1cc3c(cc1C(C)C(C)O)OCO3)C2. The van der Waals surface area contributed by atoms with Crippen molar-refractivity contribution in [2.24, 2.45) is 0 Å². The predicted molar refractivity (Wildman–Crippen MR) is 109 cm³/mol. The molecule has 5 nitrogen and oxygen atoms in total. The fourth-order valence-corrected chi connectivity index (χ4v) is 3.76. The van der Waals surface area contributed by atoms with E-state index in [0.717, 1.165) is 32.9 Å². The normalized spacial score (nSPS) is 19.1. The van der Waals surface area contributed by atoms with Crippen LogP contribution in [0.4, 0.5) is 0 Å². The first-order valence-electron chi connectivity index (χ1n) is 9.45. The van der Waals surface area contributed by atoms with Crippen LogP contribution in [0.1, 0.15) is 48.9 Å². The summed E-state index contributed by atoms with van der Waals surface area (Å²) in [6.45, 7) is 6.24. The second-order valence-electron chi connectivity index (χ2n) is 7.35. The summed E-state index contributed by atoms with van der Waals surface area (Å²) in [5.74, 6) is 2.17.